The molecule has 0 aliphatic carbocycles. The summed E-state index contributed by atoms with van der Waals surface area (Å²) >= 11 is 0. The molecule has 2 N–H and O–H groups in total. The van der Waals surface area contributed by atoms with Crippen molar-refractivity contribution in [3.63, 3.8) is 0 Å². The molecule has 0 aromatic carbocycles. The molecule has 0 aromatic rings. The van der Waals surface area contributed by atoms with Gasteiger partial charge in [-0.3, -0.25) is 9.36 Å². The average molecular weight is 1310 g/mol. The Morgan fingerprint density at radius 1 is 0.391 bits per heavy atom. The molecule has 0 saturated carbocycles. The van der Waals surface area contributed by atoms with Gasteiger partial charge in [0.15, 0.2) is 0 Å². The first-order valence-electron chi connectivity index (χ1n) is 40.3. The summed E-state index contributed by atoms with van der Waals surface area (Å²) in [4.78, 5) is 25.7. The summed E-state index contributed by atoms with van der Waals surface area (Å²) in [6.07, 6.45) is 104. The lowest BCUT2D eigenvalue weighted by Gasteiger charge is -2.29. The lowest BCUT2D eigenvalue weighted by Crippen LogP contribution is -2.45. The van der Waals surface area contributed by atoms with Crippen LogP contribution in [0.25, 0.3) is 0 Å². The number of likely N-dealkylation sites (N-methyl/N-ethyl adjacent to an activating group) is 1. The Morgan fingerprint density at radius 3 is 0.967 bits per heavy atom. The number of amides is 1. The van der Waals surface area contributed by atoms with Crippen molar-refractivity contribution in [3.05, 3.63) is 72.9 Å². The Kier molecular flexibility index (Phi) is 71.6. The zero-order chi connectivity index (χ0) is 66.9. The van der Waals surface area contributed by atoms with Gasteiger partial charge in [-0.25, -0.2) is 0 Å². The molecule has 0 radical (unpaired) electrons. The molecular weight excluding hydrogens is 1150 g/mol. The molecule has 0 aliphatic heterocycles. The van der Waals surface area contributed by atoms with E-state index >= 15 is 0 Å². The van der Waals surface area contributed by atoms with Crippen molar-refractivity contribution in [2.45, 2.75) is 411 Å². The fourth-order valence-electron chi connectivity index (χ4n) is 12.2. The van der Waals surface area contributed by atoms with E-state index in [2.05, 4.69) is 79.9 Å². The number of carbonyl (C=O) groups excluding carboxylic acids is 1. The molecule has 0 spiro atoms. The van der Waals surface area contributed by atoms with Crippen LogP contribution in [0.15, 0.2) is 72.9 Å². The predicted molar refractivity (Wildman–Crippen MR) is 404 cm³/mol. The van der Waals surface area contributed by atoms with Crippen molar-refractivity contribution in [1.82, 2.24) is 5.32 Å². The summed E-state index contributed by atoms with van der Waals surface area (Å²) in [7, 11) is 1.28. The van der Waals surface area contributed by atoms with E-state index in [1.807, 2.05) is 27.2 Å². The maximum atomic E-state index is 13.1. The van der Waals surface area contributed by atoms with Gasteiger partial charge in [0.2, 0.25) is 5.91 Å². The highest BCUT2D eigenvalue weighted by molar-refractivity contribution is 7.45. The topological polar surface area (TPSA) is 108 Å². The van der Waals surface area contributed by atoms with Crippen LogP contribution in [0.3, 0.4) is 0 Å². The standard InChI is InChI=1S/C83H157N2O6P/c1-6-8-10-12-14-16-18-20-22-24-26-28-30-32-34-36-38-39-40-41-42-43-44-45-47-49-51-53-55-57-59-61-63-65-67-69-71-73-75-77-83(87)84-81(80-91-92(88,89)90-79-78-85(3,4)5)82(86)76-74-72-70-68-66-64-62-60-58-56-54-52-50-48-46-37-35-33-31-29-27-25-23-21-19-17-15-13-11-9-7-2/h8,10,14,16,20,22,26,28,32,34,74,76,81-82,86H,6-7,9,11-13,15,17-19,21,23-25,27,29-31,33,35-73,75,77-80H2,1-5H3,(H-,84,87,88,89)/b10-8-,16-14-,22-20-,28-26-,34-32-,76-74+. The molecule has 0 bridgehead atoms. The van der Waals surface area contributed by atoms with E-state index in [0.717, 1.165) is 70.6 Å². The highest BCUT2D eigenvalue weighted by atomic mass is 31.2. The smallest absolute Gasteiger partial charge is 0.268 e. The Hall–Kier alpha value is -2.06. The van der Waals surface area contributed by atoms with Gasteiger partial charge in [0.25, 0.3) is 7.82 Å². The summed E-state index contributed by atoms with van der Waals surface area (Å²) in [6, 6.07) is -0.889. The van der Waals surface area contributed by atoms with Crippen molar-refractivity contribution in [2.75, 3.05) is 40.9 Å². The van der Waals surface area contributed by atoms with Gasteiger partial charge in [-0.1, -0.05) is 401 Å². The van der Waals surface area contributed by atoms with E-state index in [0.29, 0.717) is 17.4 Å². The minimum Gasteiger partial charge on any atom is -0.756 e. The fourth-order valence-corrected chi connectivity index (χ4v) is 13.0. The third-order valence-corrected chi connectivity index (χ3v) is 19.4. The van der Waals surface area contributed by atoms with E-state index in [9.17, 15) is 19.4 Å². The van der Waals surface area contributed by atoms with Crippen LogP contribution < -0.4 is 10.2 Å². The second-order valence-electron chi connectivity index (χ2n) is 28.7. The van der Waals surface area contributed by atoms with Crippen LogP contribution in [0.5, 0.6) is 0 Å². The van der Waals surface area contributed by atoms with Crippen LogP contribution in [0.1, 0.15) is 399 Å². The summed E-state index contributed by atoms with van der Waals surface area (Å²) in [5.74, 6) is -0.190. The summed E-state index contributed by atoms with van der Waals surface area (Å²) < 4.78 is 23.5. The van der Waals surface area contributed by atoms with Crippen LogP contribution in [0.4, 0.5) is 0 Å². The number of unbranched alkanes of at least 4 members (excludes halogenated alkanes) is 52. The first-order valence-corrected chi connectivity index (χ1v) is 41.8. The van der Waals surface area contributed by atoms with Crippen LogP contribution in [0, 0.1) is 0 Å². The maximum Gasteiger partial charge on any atom is 0.268 e. The van der Waals surface area contributed by atoms with Crippen molar-refractivity contribution < 1.29 is 32.9 Å². The molecule has 3 atom stereocenters. The lowest BCUT2D eigenvalue weighted by atomic mass is 10.0. The Balaban J connectivity index is 3.94. The largest absolute Gasteiger partial charge is 0.756 e. The molecule has 540 valence electrons. The molecule has 0 saturated heterocycles. The number of quaternary nitrogens is 1. The number of allylic oxidation sites excluding steroid dienone is 11. The molecule has 92 heavy (non-hydrogen) atoms. The molecule has 0 fully saturated rings. The summed E-state index contributed by atoms with van der Waals surface area (Å²) in [5, 5.41) is 14.0. The molecule has 3 unspecified atom stereocenters. The SMILES string of the molecule is CC/C=C\C/C=C\C/C=C\C/C=C\C/C=C\CCCCCCCCCCCCCCCCCCCCCCCCCC(=O)NC(COP(=O)([O-])OCC[N+](C)(C)C)C(O)/C=C/CCCCCCCCCCCCCCCCCCCCCCCCCCCCCCC. The van der Waals surface area contributed by atoms with Gasteiger partial charge in [0, 0.05) is 6.42 Å². The highest BCUT2D eigenvalue weighted by Gasteiger charge is 2.23. The van der Waals surface area contributed by atoms with Crippen LogP contribution in [-0.4, -0.2) is 68.5 Å². The highest BCUT2D eigenvalue weighted by Crippen LogP contribution is 2.38. The van der Waals surface area contributed by atoms with Gasteiger partial charge in [0.1, 0.15) is 13.2 Å². The zero-order valence-corrected chi connectivity index (χ0v) is 62.9. The Bertz CT molecular complexity index is 1730. The number of nitrogens with one attached hydrogen (secondary N) is 1. The fraction of sp³-hybridized carbons (Fsp3) is 0.843. The molecule has 9 heteroatoms. The van der Waals surface area contributed by atoms with E-state index < -0.39 is 20.0 Å². The third kappa shape index (κ3) is 75.3. The maximum absolute atomic E-state index is 13.1. The number of carbonyl (C=O) groups is 1. The van der Waals surface area contributed by atoms with Gasteiger partial charge in [0.05, 0.1) is 39.9 Å². The normalized spacial score (nSPS) is 13.9. The lowest BCUT2D eigenvalue weighted by molar-refractivity contribution is -0.870. The molecule has 0 heterocycles. The van der Waals surface area contributed by atoms with Crippen molar-refractivity contribution in [2.24, 2.45) is 0 Å². The van der Waals surface area contributed by atoms with Gasteiger partial charge in [-0.05, 0) is 64.2 Å². The molecule has 0 aromatic heterocycles. The molecule has 8 nitrogen and oxygen atoms in total. The van der Waals surface area contributed by atoms with Crippen LogP contribution >= 0.6 is 7.82 Å². The quantitative estimate of drug-likeness (QED) is 0.0272. The van der Waals surface area contributed by atoms with E-state index in [1.165, 1.54) is 308 Å². The van der Waals surface area contributed by atoms with E-state index in [4.69, 9.17) is 9.05 Å². The monoisotopic (exact) mass is 1310 g/mol. The van der Waals surface area contributed by atoms with E-state index in [-0.39, 0.29) is 19.1 Å². The van der Waals surface area contributed by atoms with Crippen LogP contribution in [-0.2, 0) is 18.4 Å². The number of phosphoric acid groups is 1. The Labute approximate surface area is 574 Å². The van der Waals surface area contributed by atoms with Crippen molar-refractivity contribution in [3.8, 4) is 0 Å². The number of rotatable bonds is 75. The molecule has 0 rings (SSSR count). The Morgan fingerprint density at radius 2 is 0.663 bits per heavy atom. The molecule has 1 amide bonds. The second-order valence-corrected chi connectivity index (χ2v) is 30.2. The van der Waals surface area contributed by atoms with Gasteiger partial charge < -0.3 is 28.8 Å². The van der Waals surface area contributed by atoms with Gasteiger partial charge in [-0.15, -0.1) is 0 Å². The zero-order valence-electron chi connectivity index (χ0n) is 62.0. The summed E-state index contributed by atoms with van der Waals surface area (Å²) in [5.41, 5.74) is 0. The van der Waals surface area contributed by atoms with Gasteiger partial charge in [-0.2, -0.15) is 0 Å². The molecular formula is C83H157N2O6P. The van der Waals surface area contributed by atoms with E-state index in [1.54, 1.807) is 6.08 Å². The second kappa shape index (κ2) is 73.2. The number of hydrogen-bond donors (Lipinski definition) is 2. The summed E-state index contributed by atoms with van der Waals surface area (Å²) in [6.45, 7) is 4.59. The number of phosphoric ester groups is 1. The number of hydrogen-bond acceptors (Lipinski definition) is 6. The number of aliphatic hydroxyl groups excluding tert-OH is 1. The van der Waals surface area contributed by atoms with Crippen LogP contribution in [0.2, 0.25) is 0 Å². The van der Waals surface area contributed by atoms with Gasteiger partial charge >= 0.3 is 0 Å². The minimum absolute atomic E-state index is 0.0000559. The van der Waals surface area contributed by atoms with Crippen molar-refractivity contribution >= 4 is 13.7 Å². The first-order chi connectivity index (χ1) is 45.0. The van der Waals surface area contributed by atoms with Crippen molar-refractivity contribution in [1.29, 1.82) is 0 Å². The minimum atomic E-state index is -4.61. The third-order valence-electron chi connectivity index (χ3n) is 18.4. The molecule has 0 aliphatic rings. The number of aliphatic hydroxyl groups is 1. The predicted octanol–water partition coefficient (Wildman–Crippen LogP) is 25.8. The first kappa shape index (κ1) is 89.9. The number of nitrogens with zero attached hydrogens (tertiary/aromatic N) is 1. The average Bonchev–Trinajstić information content (AvgIpc) is 2.63.